The van der Waals surface area contributed by atoms with Gasteiger partial charge in [0.1, 0.15) is 11.3 Å². The summed E-state index contributed by atoms with van der Waals surface area (Å²) in [5, 5.41) is 0.266. The van der Waals surface area contributed by atoms with E-state index in [-0.39, 0.29) is 5.02 Å². The van der Waals surface area contributed by atoms with Gasteiger partial charge < -0.3 is 10.2 Å². The lowest BCUT2D eigenvalue weighted by Crippen LogP contribution is -2.09. The molecule has 1 atom stereocenters. The van der Waals surface area contributed by atoms with E-state index in [9.17, 15) is 4.39 Å². The molecule has 0 radical (unpaired) electrons. The summed E-state index contributed by atoms with van der Waals surface area (Å²) in [5.74, 6) is 0.789. The molecular formula is C14H18ClFN2O. The lowest BCUT2D eigenvalue weighted by atomic mass is 9.97. The van der Waals surface area contributed by atoms with Gasteiger partial charge in [-0.15, -0.1) is 0 Å². The Morgan fingerprint density at radius 1 is 1.42 bits per heavy atom. The molecule has 2 rings (SSSR count). The van der Waals surface area contributed by atoms with Crippen LogP contribution in [0.15, 0.2) is 16.5 Å². The highest BCUT2D eigenvalue weighted by Crippen LogP contribution is 2.27. The molecule has 0 spiro atoms. The Bertz CT molecular complexity index is 556. The first-order valence-electron chi connectivity index (χ1n) is 6.58. The van der Waals surface area contributed by atoms with Crippen molar-refractivity contribution >= 4 is 22.7 Å². The summed E-state index contributed by atoms with van der Waals surface area (Å²) in [6, 6.07) is 2.58. The molecule has 19 heavy (non-hydrogen) atoms. The Kier molecular flexibility index (Phi) is 4.77. The molecule has 5 heteroatoms. The van der Waals surface area contributed by atoms with E-state index in [1.165, 1.54) is 12.1 Å². The van der Waals surface area contributed by atoms with Gasteiger partial charge in [-0.2, -0.15) is 0 Å². The molecule has 2 N–H and O–H groups in total. The fraction of sp³-hybridized carbons (Fsp3) is 0.500. The zero-order chi connectivity index (χ0) is 13.8. The molecule has 0 saturated carbocycles. The highest BCUT2D eigenvalue weighted by atomic mass is 35.5. The molecule has 0 amide bonds. The van der Waals surface area contributed by atoms with Gasteiger partial charge in [-0.1, -0.05) is 24.9 Å². The van der Waals surface area contributed by atoms with Crippen molar-refractivity contribution in [1.29, 1.82) is 0 Å². The minimum absolute atomic E-state index is 0.266. The largest absolute Gasteiger partial charge is 0.439 e. The molecule has 0 saturated heterocycles. The Labute approximate surface area is 116 Å². The lowest BCUT2D eigenvalue weighted by molar-refractivity contribution is 0.415. The van der Waals surface area contributed by atoms with Crippen molar-refractivity contribution in [2.75, 3.05) is 6.54 Å². The molecule has 1 unspecified atom stereocenters. The summed E-state index contributed by atoms with van der Waals surface area (Å²) in [7, 11) is 0. The summed E-state index contributed by atoms with van der Waals surface area (Å²) in [5.41, 5.74) is 6.52. The van der Waals surface area contributed by atoms with Crippen molar-refractivity contribution in [3.63, 3.8) is 0 Å². The van der Waals surface area contributed by atoms with E-state index >= 15 is 0 Å². The predicted octanol–water partition coefficient (Wildman–Crippen LogP) is 3.93. The summed E-state index contributed by atoms with van der Waals surface area (Å²) in [6.07, 6.45) is 3.80. The third-order valence-corrected chi connectivity index (χ3v) is 3.65. The van der Waals surface area contributed by atoms with Crippen LogP contribution in [0.4, 0.5) is 4.39 Å². The van der Waals surface area contributed by atoms with Gasteiger partial charge in [0, 0.05) is 12.5 Å². The first-order chi connectivity index (χ1) is 9.13. The number of hydrogen-bond donors (Lipinski definition) is 1. The minimum Gasteiger partial charge on any atom is -0.439 e. The van der Waals surface area contributed by atoms with Crippen LogP contribution in [0.3, 0.4) is 0 Å². The maximum absolute atomic E-state index is 13.2. The molecule has 0 bridgehead atoms. The number of hydrogen-bond acceptors (Lipinski definition) is 3. The number of fused-ring (bicyclic) bond motifs is 1. The van der Waals surface area contributed by atoms with Gasteiger partial charge in [-0.25, -0.2) is 9.37 Å². The van der Waals surface area contributed by atoms with Gasteiger partial charge in [0.25, 0.3) is 0 Å². The van der Waals surface area contributed by atoms with Crippen molar-refractivity contribution in [2.45, 2.75) is 32.6 Å². The Morgan fingerprint density at radius 2 is 2.21 bits per heavy atom. The number of nitrogens with two attached hydrogens (primary N) is 1. The molecule has 3 nitrogen and oxygen atoms in total. The van der Waals surface area contributed by atoms with Gasteiger partial charge in [0.05, 0.1) is 5.02 Å². The predicted molar refractivity (Wildman–Crippen MR) is 74.8 cm³/mol. The van der Waals surface area contributed by atoms with Crippen molar-refractivity contribution in [2.24, 2.45) is 11.7 Å². The number of oxazole rings is 1. The van der Waals surface area contributed by atoms with Crippen molar-refractivity contribution < 1.29 is 8.81 Å². The van der Waals surface area contributed by atoms with Crippen LogP contribution < -0.4 is 5.73 Å². The van der Waals surface area contributed by atoms with Gasteiger partial charge in [-0.05, 0) is 31.4 Å². The first-order valence-corrected chi connectivity index (χ1v) is 6.96. The van der Waals surface area contributed by atoms with E-state index in [0.29, 0.717) is 29.5 Å². The molecule has 0 aliphatic heterocycles. The number of benzene rings is 1. The fourth-order valence-corrected chi connectivity index (χ4v) is 2.47. The second-order valence-corrected chi connectivity index (χ2v) is 5.14. The highest BCUT2D eigenvalue weighted by molar-refractivity contribution is 6.34. The van der Waals surface area contributed by atoms with Crippen LogP contribution in [0.5, 0.6) is 0 Å². The van der Waals surface area contributed by atoms with E-state index in [4.69, 9.17) is 21.8 Å². The Balaban J connectivity index is 2.11. The average Bonchev–Trinajstić information content (AvgIpc) is 2.77. The second-order valence-electron chi connectivity index (χ2n) is 4.73. The quantitative estimate of drug-likeness (QED) is 0.874. The minimum atomic E-state index is -0.396. The molecular weight excluding hydrogens is 267 g/mol. The smallest absolute Gasteiger partial charge is 0.195 e. The highest BCUT2D eigenvalue weighted by Gasteiger charge is 2.13. The zero-order valence-corrected chi connectivity index (χ0v) is 11.7. The molecule has 1 heterocycles. The van der Waals surface area contributed by atoms with Crippen molar-refractivity contribution in [3.05, 3.63) is 28.9 Å². The van der Waals surface area contributed by atoms with Crippen molar-refractivity contribution in [3.8, 4) is 0 Å². The second kappa shape index (κ2) is 6.35. The SMILES string of the molecule is CCC(CCN)CCc1nc2cc(F)cc(Cl)c2o1. The van der Waals surface area contributed by atoms with Crippen LogP contribution in [-0.4, -0.2) is 11.5 Å². The van der Waals surface area contributed by atoms with Gasteiger partial charge in [-0.3, -0.25) is 0 Å². The molecule has 0 fully saturated rings. The normalized spacial score (nSPS) is 13.1. The molecule has 0 aliphatic carbocycles. The van der Waals surface area contributed by atoms with Crippen LogP contribution in [-0.2, 0) is 6.42 Å². The van der Waals surface area contributed by atoms with E-state index in [0.717, 1.165) is 25.7 Å². The fourth-order valence-electron chi connectivity index (χ4n) is 2.23. The number of aryl methyl sites for hydroxylation is 1. The van der Waals surface area contributed by atoms with E-state index in [1.807, 2.05) is 0 Å². The van der Waals surface area contributed by atoms with Gasteiger partial charge >= 0.3 is 0 Å². The maximum Gasteiger partial charge on any atom is 0.195 e. The molecule has 1 aromatic heterocycles. The van der Waals surface area contributed by atoms with Crippen LogP contribution in [0.25, 0.3) is 11.1 Å². The summed E-state index contributed by atoms with van der Waals surface area (Å²) < 4.78 is 18.8. The van der Waals surface area contributed by atoms with Crippen LogP contribution >= 0.6 is 11.6 Å². The number of nitrogens with zero attached hydrogens (tertiary/aromatic N) is 1. The molecule has 2 aromatic rings. The number of aromatic nitrogens is 1. The van der Waals surface area contributed by atoms with Gasteiger partial charge in [0.2, 0.25) is 0 Å². The number of rotatable bonds is 6. The standard InChI is InChI=1S/C14H18ClFN2O/c1-2-9(5-6-17)3-4-13-18-12-8-10(16)7-11(15)14(12)19-13/h7-9H,2-6,17H2,1H3. The van der Waals surface area contributed by atoms with Crippen molar-refractivity contribution in [1.82, 2.24) is 4.98 Å². The number of halogens is 2. The van der Waals surface area contributed by atoms with Crippen LogP contribution in [0, 0.1) is 11.7 Å². The van der Waals surface area contributed by atoms with E-state index in [2.05, 4.69) is 11.9 Å². The average molecular weight is 285 g/mol. The van der Waals surface area contributed by atoms with Crippen LogP contribution in [0.2, 0.25) is 5.02 Å². The third-order valence-electron chi connectivity index (χ3n) is 3.37. The maximum atomic E-state index is 13.2. The Hall–Kier alpha value is -1.13. The summed E-state index contributed by atoms with van der Waals surface area (Å²) >= 11 is 5.93. The molecule has 104 valence electrons. The summed E-state index contributed by atoms with van der Waals surface area (Å²) in [6.45, 7) is 2.85. The molecule has 0 aliphatic rings. The third kappa shape index (κ3) is 3.45. The van der Waals surface area contributed by atoms with E-state index < -0.39 is 5.82 Å². The topological polar surface area (TPSA) is 52.0 Å². The van der Waals surface area contributed by atoms with Gasteiger partial charge in [0.15, 0.2) is 11.5 Å². The monoisotopic (exact) mass is 284 g/mol. The lowest BCUT2D eigenvalue weighted by Gasteiger charge is -2.11. The Morgan fingerprint density at radius 3 is 2.89 bits per heavy atom. The van der Waals surface area contributed by atoms with Crippen LogP contribution in [0.1, 0.15) is 32.1 Å². The van der Waals surface area contributed by atoms with E-state index in [1.54, 1.807) is 0 Å². The summed E-state index contributed by atoms with van der Waals surface area (Å²) in [4.78, 5) is 4.28. The zero-order valence-electron chi connectivity index (χ0n) is 11.0. The first kappa shape index (κ1) is 14.3. The molecule has 1 aromatic carbocycles.